The summed E-state index contributed by atoms with van der Waals surface area (Å²) in [6.45, 7) is 0.909. The predicted molar refractivity (Wildman–Crippen MR) is 94.8 cm³/mol. The standard InChI is InChI=1S/C18H23N5O3/c1-21(2)17(25)18(23-11-5-10-20-23)7-12-22(13-8-18)16(24)14-6-4-9-19-15(14)26-3/h4-6,9-11H,7-8,12-13H2,1-3H3. The molecule has 0 aliphatic carbocycles. The fourth-order valence-electron chi connectivity index (χ4n) is 3.45. The molecule has 0 unspecified atom stereocenters. The van der Waals surface area contributed by atoms with Gasteiger partial charge in [-0.25, -0.2) is 4.98 Å². The van der Waals surface area contributed by atoms with Gasteiger partial charge in [0.05, 0.1) is 7.11 Å². The van der Waals surface area contributed by atoms with Gasteiger partial charge in [-0.15, -0.1) is 0 Å². The summed E-state index contributed by atoms with van der Waals surface area (Å²) in [5.41, 5.74) is -0.330. The van der Waals surface area contributed by atoms with Crippen molar-refractivity contribution in [3.05, 3.63) is 42.4 Å². The number of pyridine rings is 1. The zero-order valence-corrected chi connectivity index (χ0v) is 15.3. The molecular weight excluding hydrogens is 334 g/mol. The average molecular weight is 357 g/mol. The van der Waals surface area contributed by atoms with Crippen molar-refractivity contribution in [1.29, 1.82) is 0 Å². The minimum atomic E-state index is -0.761. The van der Waals surface area contributed by atoms with Crippen molar-refractivity contribution >= 4 is 11.8 Å². The summed E-state index contributed by atoms with van der Waals surface area (Å²) in [4.78, 5) is 33.2. The Kier molecular flexibility index (Phi) is 4.92. The molecule has 0 spiro atoms. The van der Waals surface area contributed by atoms with Gasteiger partial charge in [-0.3, -0.25) is 14.3 Å². The van der Waals surface area contributed by atoms with Crippen molar-refractivity contribution in [3.63, 3.8) is 0 Å². The van der Waals surface area contributed by atoms with Crippen molar-refractivity contribution in [3.8, 4) is 5.88 Å². The van der Waals surface area contributed by atoms with E-state index in [0.29, 0.717) is 37.4 Å². The van der Waals surface area contributed by atoms with Crippen molar-refractivity contribution in [1.82, 2.24) is 24.6 Å². The topological polar surface area (TPSA) is 80.6 Å². The van der Waals surface area contributed by atoms with Crippen molar-refractivity contribution in [2.45, 2.75) is 18.4 Å². The molecule has 0 saturated carbocycles. The highest BCUT2D eigenvalue weighted by Gasteiger charge is 2.45. The lowest BCUT2D eigenvalue weighted by atomic mass is 9.86. The number of likely N-dealkylation sites (tertiary alicyclic amines) is 1. The van der Waals surface area contributed by atoms with E-state index in [9.17, 15) is 9.59 Å². The Labute approximate surface area is 152 Å². The second kappa shape index (κ2) is 7.15. The van der Waals surface area contributed by atoms with Crippen LogP contribution in [0.15, 0.2) is 36.8 Å². The number of likely N-dealkylation sites (N-methyl/N-ethyl adjacent to an activating group) is 1. The molecule has 0 radical (unpaired) electrons. The molecule has 138 valence electrons. The molecule has 0 aromatic carbocycles. The zero-order chi connectivity index (χ0) is 18.7. The number of amides is 2. The van der Waals surface area contributed by atoms with Crippen LogP contribution in [0.1, 0.15) is 23.2 Å². The molecular formula is C18H23N5O3. The molecule has 8 heteroatoms. The first-order chi connectivity index (χ1) is 12.5. The van der Waals surface area contributed by atoms with E-state index in [1.165, 1.54) is 7.11 Å². The number of hydrogen-bond donors (Lipinski definition) is 0. The number of carbonyl (C=O) groups is 2. The molecule has 1 aliphatic heterocycles. The van der Waals surface area contributed by atoms with E-state index >= 15 is 0 Å². The summed E-state index contributed by atoms with van der Waals surface area (Å²) in [6.07, 6.45) is 6.07. The van der Waals surface area contributed by atoms with Gasteiger partial charge in [0.15, 0.2) is 0 Å². The van der Waals surface area contributed by atoms with E-state index in [2.05, 4.69) is 10.1 Å². The summed E-state index contributed by atoms with van der Waals surface area (Å²) in [5, 5.41) is 4.31. The fraction of sp³-hybridized carbons (Fsp3) is 0.444. The maximum Gasteiger partial charge on any atom is 0.259 e. The maximum atomic E-state index is 12.9. The van der Waals surface area contributed by atoms with Crippen LogP contribution >= 0.6 is 0 Å². The molecule has 0 atom stereocenters. The molecule has 1 fully saturated rings. The third-order valence-corrected chi connectivity index (χ3v) is 4.82. The van der Waals surface area contributed by atoms with E-state index < -0.39 is 5.54 Å². The quantitative estimate of drug-likeness (QED) is 0.816. The highest BCUT2D eigenvalue weighted by Crippen LogP contribution is 2.32. The van der Waals surface area contributed by atoms with E-state index in [4.69, 9.17) is 4.74 Å². The lowest BCUT2D eigenvalue weighted by Gasteiger charge is -2.42. The largest absolute Gasteiger partial charge is 0.480 e. The fourth-order valence-corrected chi connectivity index (χ4v) is 3.45. The summed E-state index contributed by atoms with van der Waals surface area (Å²) < 4.78 is 6.92. The molecule has 0 N–H and O–H groups in total. The highest BCUT2D eigenvalue weighted by atomic mass is 16.5. The Morgan fingerprint density at radius 3 is 2.50 bits per heavy atom. The van der Waals surface area contributed by atoms with Gasteiger partial charge >= 0.3 is 0 Å². The second-order valence-electron chi connectivity index (χ2n) is 6.53. The van der Waals surface area contributed by atoms with E-state index in [-0.39, 0.29) is 11.8 Å². The van der Waals surface area contributed by atoms with E-state index in [1.807, 2.05) is 12.3 Å². The summed E-state index contributed by atoms with van der Waals surface area (Å²) >= 11 is 0. The van der Waals surface area contributed by atoms with Gasteiger partial charge < -0.3 is 14.5 Å². The lowest BCUT2D eigenvalue weighted by Crippen LogP contribution is -2.55. The smallest absolute Gasteiger partial charge is 0.259 e. The van der Waals surface area contributed by atoms with Crippen molar-refractivity contribution in [2.24, 2.45) is 0 Å². The first kappa shape index (κ1) is 17.9. The van der Waals surface area contributed by atoms with Gasteiger partial charge in [0.25, 0.3) is 5.91 Å². The van der Waals surface area contributed by atoms with Crippen LogP contribution in [0.3, 0.4) is 0 Å². The number of methoxy groups -OCH3 is 1. The molecule has 3 heterocycles. The van der Waals surface area contributed by atoms with Crippen molar-refractivity contribution < 1.29 is 14.3 Å². The number of rotatable bonds is 4. The van der Waals surface area contributed by atoms with Gasteiger partial charge in [-0.05, 0) is 31.0 Å². The number of carbonyl (C=O) groups excluding carboxylic acids is 2. The minimum absolute atomic E-state index is 0.00717. The Morgan fingerprint density at radius 2 is 1.92 bits per heavy atom. The first-order valence-electron chi connectivity index (χ1n) is 8.50. The Bertz CT molecular complexity index is 780. The third-order valence-electron chi connectivity index (χ3n) is 4.82. The number of hydrogen-bond acceptors (Lipinski definition) is 5. The van der Waals surface area contributed by atoms with Gasteiger partial charge in [0.1, 0.15) is 11.1 Å². The number of aromatic nitrogens is 3. The summed E-state index contributed by atoms with van der Waals surface area (Å²) in [5.74, 6) is 0.166. The predicted octanol–water partition coefficient (Wildman–Crippen LogP) is 1.01. The maximum absolute atomic E-state index is 12.9. The number of piperidine rings is 1. The Balaban J connectivity index is 1.82. The van der Waals surface area contributed by atoms with Crippen LogP contribution in [0.25, 0.3) is 0 Å². The van der Waals surface area contributed by atoms with Crippen molar-refractivity contribution in [2.75, 3.05) is 34.3 Å². The Hall–Kier alpha value is -2.90. The molecule has 0 bridgehead atoms. The molecule has 3 rings (SSSR count). The average Bonchev–Trinajstić information content (AvgIpc) is 3.22. The van der Waals surface area contributed by atoms with Gasteiger partial charge in [0.2, 0.25) is 11.8 Å². The molecule has 1 saturated heterocycles. The highest BCUT2D eigenvalue weighted by molar-refractivity contribution is 5.96. The van der Waals surface area contributed by atoms with Gasteiger partial charge in [-0.2, -0.15) is 5.10 Å². The molecule has 8 nitrogen and oxygen atoms in total. The van der Waals surface area contributed by atoms with Crippen LogP contribution in [-0.2, 0) is 10.3 Å². The van der Waals surface area contributed by atoms with Crippen LogP contribution in [0, 0.1) is 0 Å². The first-order valence-corrected chi connectivity index (χ1v) is 8.50. The normalized spacial score (nSPS) is 16.2. The molecule has 2 aromatic heterocycles. The van der Waals surface area contributed by atoms with E-state index in [1.54, 1.807) is 53.1 Å². The van der Waals surface area contributed by atoms with Crippen LogP contribution in [0.4, 0.5) is 0 Å². The van der Waals surface area contributed by atoms with Gasteiger partial charge in [0, 0.05) is 45.8 Å². The van der Waals surface area contributed by atoms with Crippen LogP contribution in [0.2, 0.25) is 0 Å². The molecule has 2 amide bonds. The lowest BCUT2D eigenvalue weighted by molar-refractivity contribution is -0.141. The second-order valence-corrected chi connectivity index (χ2v) is 6.53. The molecule has 26 heavy (non-hydrogen) atoms. The third kappa shape index (κ3) is 3.02. The van der Waals surface area contributed by atoms with E-state index in [0.717, 1.165) is 0 Å². The Morgan fingerprint density at radius 1 is 1.19 bits per heavy atom. The summed E-state index contributed by atoms with van der Waals surface area (Å²) in [7, 11) is 4.98. The monoisotopic (exact) mass is 357 g/mol. The summed E-state index contributed by atoms with van der Waals surface area (Å²) in [6, 6.07) is 5.22. The number of ether oxygens (including phenoxy) is 1. The number of nitrogens with zero attached hydrogens (tertiary/aromatic N) is 5. The van der Waals surface area contributed by atoms with Crippen LogP contribution in [0.5, 0.6) is 5.88 Å². The molecule has 2 aromatic rings. The minimum Gasteiger partial charge on any atom is -0.480 e. The van der Waals surface area contributed by atoms with Gasteiger partial charge in [-0.1, -0.05) is 0 Å². The zero-order valence-electron chi connectivity index (χ0n) is 15.3. The van der Waals surface area contributed by atoms with Crippen LogP contribution < -0.4 is 4.74 Å². The SMILES string of the molecule is COc1ncccc1C(=O)N1CCC(C(=O)N(C)C)(n2cccn2)CC1. The van der Waals surface area contributed by atoms with Crippen LogP contribution in [-0.4, -0.2) is 70.7 Å². The molecule has 1 aliphatic rings.